The van der Waals surface area contributed by atoms with Crippen LogP contribution in [0.4, 0.5) is 24.1 Å². The average molecular weight is 487 g/mol. The fourth-order valence-corrected chi connectivity index (χ4v) is 4.49. The van der Waals surface area contributed by atoms with Crippen LogP contribution in [0.3, 0.4) is 0 Å². The van der Waals surface area contributed by atoms with Crippen molar-refractivity contribution in [2.45, 2.75) is 33.0 Å². The third-order valence-electron chi connectivity index (χ3n) is 4.99. The maximum atomic E-state index is 13.1. The van der Waals surface area contributed by atoms with Gasteiger partial charge in [-0.05, 0) is 62.7 Å². The Morgan fingerprint density at radius 3 is 2.29 bits per heavy atom. The summed E-state index contributed by atoms with van der Waals surface area (Å²) in [5.74, 6) is 0.0465. The molecule has 1 amide bonds. The molecule has 0 aliphatic heterocycles. The van der Waals surface area contributed by atoms with Crippen molar-refractivity contribution < 1.29 is 22.4 Å². The molecule has 0 unspecified atom stereocenters. The fourth-order valence-electron chi connectivity index (χ4n) is 3.54. The van der Waals surface area contributed by atoms with E-state index in [0.717, 1.165) is 28.4 Å². The largest absolute Gasteiger partial charge is 0.459 e. The molecule has 3 heterocycles. The number of hydrogen-bond donors (Lipinski definition) is 2. The molecule has 1 aromatic carbocycles. The van der Waals surface area contributed by atoms with Crippen LogP contribution >= 0.6 is 11.3 Å². The second-order valence-corrected chi connectivity index (χ2v) is 9.00. The number of alkyl halides is 3. The number of furan rings is 1. The quantitative estimate of drug-likeness (QED) is 0.324. The monoisotopic (exact) mass is 486 g/mol. The third-order valence-corrected chi connectivity index (χ3v) is 5.98. The lowest BCUT2D eigenvalue weighted by atomic mass is 9.98. The first kappa shape index (κ1) is 23.5. The number of carbonyl (C=O) groups is 1. The van der Waals surface area contributed by atoms with Crippen molar-refractivity contribution in [3.8, 4) is 0 Å². The van der Waals surface area contributed by atoms with E-state index in [1.54, 1.807) is 12.1 Å². The second-order valence-electron chi connectivity index (χ2n) is 7.74. The number of anilines is 2. The van der Waals surface area contributed by atoms with Crippen LogP contribution in [0.1, 0.15) is 49.6 Å². The predicted octanol–water partition coefficient (Wildman–Crippen LogP) is 6.53. The second kappa shape index (κ2) is 9.30. The summed E-state index contributed by atoms with van der Waals surface area (Å²) in [6.45, 7) is 5.54. The third kappa shape index (κ3) is 5.28. The van der Waals surface area contributed by atoms with Crippen molar-refractivity contribution in [1.29, 1.82) is 0 Å². The van der Waals surface area contributed by atoms with Crippen molar-refractivity contribution in [1.82, 2.24) is 9.97 Å². The Morgan fingerprint density at radius 1 is 1.03 bits per heavy atom. The number of hydrogen-bond acceptors (Lipinski definition) is 6. The number of aryl methyl sites for hydroxylation is 3. The number of rotatable bonds is 6. The average Bonchev–Trinajstić information content (AvgIpc) is 3.41. The molecule has 0 bridgehead atoms. The van der Waals surface area contributed by atoms with Crippen LogP contribution in [0.15, 0.2) is 59.2 Å². The number of thiophene rings is 1. The molecule has 1 atom stereocenters. The van der Waals surface area contributed by atoms with Crippen molar-refractivity contribution >= 4 is 28.2 Å². The smallest absolute Gasteiger partial charge is 0.416 e. The molecule has 0 saturated carbocycles. The fraction of sp³-hybridized carbons (Fsp3) is 0.208. The van der Waals surface area contributed by atoms with E-state index < -0.39 is 23.7 Å². The molecule has 2 N–H and O–H groups in total. The lowest BCUT2D eigenvalue weighted by Gasteiger charge is -2.21. The highest BCUT2D eigenvalue weighted by molar-refractivity contribution is 7.16. The summed E-state index contributed by atoms with van der Waals surface area (Å²) in [7, 11) is 0. The highest BCUT2D eigenvalue weighted by atomic mass is 32.1. The van der Waals surface area contributed by atoms with Crippen LogP contribution in [-0.4, -0.2) is 15.9 Å². The molecule has 34 heavy (non-hydrogen) atoms. The molecule has 0 aliphatic rings. The van der Waals surface area contributed by atoms with E-state index in [9.17, 15) is 18.0 Å². The van der Waals surface area contributed by atoms with Crippen LogP contribution in [0.25, 0.3) is 0 Å². The van der Waals surface area contributed by atoms with Gasteiger partial charge in [-0.3, -0.25) is 4.79 Å². The van der Waals surface area contributed by atoms with Gasteiger partial charge in [-0.15, -0.1) is 11.3 Å². The topological polar surface area (TPSA) is 80.0 Å². The summed E-state index contributed by atoms with van der Waals surface area (Å²) >= 11 is 1.35. The Morgan fingerprint density at radius 2 is 1.71 bits per heavy atom. The van der Waals surface area contributed by atoms with Crippen LogP contribution < -0.4 is 10.6 Å². The maximum absolute atomic E-state index is 13.1. The van der Waals surface area contributed by atoms with Crippen molar-refractivity contribution in [3.05, 3.63) is 93.5 Å². The SMILES string of the molecule is Cc1cc(C)nc(N[C@@H](c2ccc(C(F)(F)F)cc2)c2cc(C)sc2NC(=O)c2ccco2)n1. The van der Waals surface area contributed by atoms with Gasteiger partial charge in [-0.25, -0.2) is 9.97 Å². The molecule has 3 aromatic heterocycles. The number of nitrogens with one attached hydrogen (secondary N) is 2. The first-order valence-electron chi connectivity index (χ1n) is 10.3. The first-order valence-corrected chi connectivity index (χ1v) is 11.1. The normalized spacial score (nSPS) is 12.4. The minimum absolute atomic E-state index is 0.147. The molecule has 0 saturated heterocycles. The molecule has 0 spiro atoms. The van der Waals surface area contributed by atoms with E-state index in [4.69, 9.17) is 4.42 Å². The van der Waals surface area contributed by atoms with Crippen LogP contribution in [-0.2, 0) is 6.18 Å². The Kier molecular flexibility index (Phi) is 6.43. The van der Waals surface area contributed by atoms with Gasteiger partial charge in [0, 0.05) is 21.8 Å². The van der Waals surface area contributed by atoms with Crippen LogP contribution in [0.5, 0.6) is 0 Å². The Labute approximate surface area is 197 Å². The summed E-state index contributed by atoms with van der Waals surface area (Å²) in [4.78, 5) is 22.4. The molecule has 10 heteroatoms. The number of carbonyl (C=O) groups excluding carboxylic acids is 1. The lowest BCUT2D eigenvalue weighted by Crippen LogP contribution is -2.18. The Bertz CT molecular complexity index is 1280. The Balaban J connectivity index is 1.76. The van der Waals surface area contributed by atoms with Crippen LogP contribution in [0, 0.1) is 20.8 Å². The van der Waals surface area contributed by atoms with Crippen LogP contribution in [0.2, 0.25) is 0 Å². The Hall–Kier alpha value is -3.66. The summed E-state index contributed by atoms with van der Waals surface area (Å²) < 4.78 is 44.6. The van der Waals surface area contributed by atoms with E-state index in [1.807, 2.05) is 32.9 Å². The number of benzene rings is 1. The van der Waals surface area contributed by atoms with Crippen molar-refractivity contribution in [3.63, 3.8) is 0 Å². The van der Waals surface area contributed by atoms with Gasteiger partial charge in [-0.2, -0.15) is 13.2 Å². The molecule has 176 valence electrons. The molecular formula is C24H21F3N4O2S. The number of amides is 1. The predicted molar refractivity (Wildman–Crippen MR) is 124 cm³/mol. The summed E-state index contributed by atoms with van der Waals surface area (Å²) in [5.41, 5.74) is 1.97. The number of halogens is 3. The zero-order chi connectivity index (χ0) is 24.5. The lowest BCUT2D eigenvalue weighted by molar-refractivity contribution is -0.137. The summed E-state index contributed by atoms with van der Waals surface area (Å²) in [6.07, 6.45) is -3.04. The molecule has 0 radical (unpaired) electrons. The summed E-state index contributed by atoms with van der Waals surface area (Å²) in [6, 6.07) is 11.1. The van der Waals surface area contributed by atoms with Crippen molar-refractivity contribution in [2.24, 2.45) is 0 Å². The number of nitrogens with zero attached hydrogens (tertiary/aromatic N) is 2. The van der Waals surface area contributed by atoms with E-state index in [1.165, 1.54) is 29.7 Å². The van der Waals surface area contributed by atoms with Gasteiger partial charge in [0.2, 0.25) is 5.95 Å². The molecule has 4 aromatic rings. The molecule has 0 fully saturated rings. The van der Waals surface area contributed by atoms with E-state index in [-0.39, 0.29) is 5.76 Å². The highest BCUT2D eigenvalue weighted by Gasteiger charge is 2.31. The van der Waals surface area contributed by atoms with Gasteiger partial charge >= 0.3 is 6.18 Å². The van der Waals surface area contributed by atoms with Gasteiger partial charge < -0.3 is 15.1 Å². The molecule has 0 aliphatic carbocycles. The van der Waals surface area contributed by atoms with E-state index >= 15 is 0 Å². The van der Waals surface area contributed by atoms with Gasteiger partial charge in [0.05, 0.1) is 17.9 Å². The standard InChI is InChI=1S/C24H21F3N4O2S/c1-13-11-14(2)29-23(28-13)30-20(16-6-8-17(9-7-16)24(25,26)27)18-12-15(3)34-22(18)31-21(32)19-5-4-10-33-19/h4-12,20H,1-3H3,(H,31,32)(H,28,29,30)/t20-/m0/s1. The molecule has 4 rings (SSSR count). The van der Waals surface area contributed by atoms with Crippen molar-refractivity contribution in [2.75, 3.05) is 10.6 Å². The molecule has 6 nitrogen and oxygen atoms in total. The zero-order valence-electron chi connectivity index (χ0n) is 18.5. The zero-order valence-corrected chi connectivity index (χ0v) is 19.3. The minimum atomic E-state index is -4.45. The first-order chi connectivity index (χ1) is 16.1. The highest BCUT2D eigenvalue weighted by Crippen LogP contribution is 2.38. The summed E-state index contributed by atoms with van der Waals surface area (Å²) in [5, 5.41) is 6.64. The van der Waals surface area contributed by atoms with Gasteiger partial charge in [0.25, 0.3) is 5.91 Å². The van der Waals surface area contributed by atoms with E-state index in [2.05, 4.69) is 20.6 Å². The minimum Gasteiger partial charge on any atom is -0.459 e. The van der Waals surface area contributed by atoms with Gasteiger partial charge in [-0.1, -0.05) is 12.1 Å². The van der Waals surface area contributed by atoms with E-state index in [0.29, 0.717) is 22.1 Å². The van der Waals surface area contributed by atoms with Gasteiger partial charge in [0.1, 0.15) is 5.00 Å². The maximum Gasteiger partial charge on any atom is 0.416 e. The molecular weight excluding hydrogens is 465 g/mol. The number of aromatic nitrogens is 2. The van der Waals surface area contributed by atoms with Gasteiger partial charge in [0.15, 0.2) is 5.76 Å².